The minimum Gasteiger partial charge on any atom is -0.465 e. The van der Waals surface area contributed by atoms with Crippen LogP contribution in [0.1, 0.15) is 15.9 Å². The summed E-state index contributed by atoms with van der Waals surface area (Å²) in [5, 5.41) is 9.06. The molecular weight excluding hydrogens is 287 g/mol. The largest absolute Gasteiger partial charge is 0.465 e. The molecule has 0 saturated heterocycles. The minimum absolute atomic E-state index is 0.0244. The van der Waals surface area contributed by atoms with Gasteiger partial charge in [0, 0.05) is 11.8 Å². The van der Waals surface area contributed by atoms with Crippen LogP contribution in [0.25, 0.3) is 0 Å². The monoisotopic (exact) mass is 290 g/mol. The van der Waals surface area contributed by atoms with E-state index in [0.29, 0.717) is 20.1 Å². The molecule has 2 amide bonds. The summed E-state index contributed by atoms with van der Waals surface area (Å²) >= 11 is 8.91. The number of halogens is 2. The molecule has 7 heteroatoms. The minimum atomic E-state index is -1.29. The highest BCUT2D eigenvalue weighted by Crippen LogP contribution is 2.32. The second-order valence-electron chi connectivity index (χ2n) is 2.92. The normalized spacial score (nSPS) is 14.3. The van der Waals surface area contributed by atoms with Gasteiger partial charge in [0.15, 0.2) is 0 Å². The van der Waals surface area contributed by atoms with Crippen LogP contribution in [0.3, 0.4) is 0 Å². The van der Waals surface area contributed by atoms with Gasteiger partial charge in [-0.15, -0.1) is 0 Å². The third kappa shape index (κ3) is 1.49. The van der Waals surface area contributed by atoms with Gasteiger partial charge in [-0.3, -0.25) is 4.79 Å². The van der Waals surface area contributed by atoms with Crippen LogP contribution < -0.4 is 0 Å². The van der Waals surface area contributed by atoms with Crippen LogP contribution >= 0.6 is 27.5 Å². The number of amides is 2. The summed E-state index contributed by atoms with van der Waals surface area (Å²) in [6, 6.07) is 0. The highest BCUT2D eigenvalue weighted by atomic mass is 79.9. The van der Waals surface area contributed by atoms with E-state index in [1.165, 1.54) is 6.20 Å². The Morgan fingerprint density at radius 2 is 2.33 bits per heavy atom. The van der Waals surface area contributed by atoms with E-state index < -0.39 is 12.0 Å². The molecule has 0 spiro atoms. The van der Waals surface area contributed by atoms with Crippen molar-refractivity contribution in [3.63, 3.8) is 0 Å². The van der Waals surface area contributed by atoms with E-state index in [9.17, 15) is 9.59 Å². The quantitative estimate of drug-likeness (QED) is 0.743. The van der Waals surface area contributed by atoms with E-state index in [1.54, 1.807) is 0 Å². The predicted octanol–water partition coefficient (Wildman–Crippen LogP) is 2.13. The first-order valence-corrected chi connectivity index (χ1v) is 5.07. The van der Waals surface area contributed by atoms with Crippen LogP contribution in [0, 0.1) is 0 Å². The van der Waals surface area contributed by atoms with Gasteiger partial charge in [-0.2, -0.15) is 0 Å². The molecule has 0 atom stereocenters. The molecule has 1 aliphatic heterocycles. The molecule has 0 radical (unpaired) electrons. The summed E-state index contributed by atoms with van der Waals surface area (Å²) in [6.45, 7) is -0.0244. The molecule has 15 heavy (non-hydrogen) atoms. The Morgan fingerprint density at radius 1 is 1.67 bits per heavy atom. The van der Waals surface area contributed by atoms with Gasteiger partial charge in [0.1, 0.15) is 4.60 Å². The van der Waals surface area contributed by atoms with Gasteiger partial charge >= 0.3 is 6.09 Å². The van der Waals surface area contributed by atoms with Crippen LogP contribution in [-0.2, 0) is 6.54 Å². The molecule has 1 aliphatic rings. The highest BCUT2D eigenvalue weighted by Gasteiger charge is 2.35. The molecule has 5 nitrogen and oxygen atoms in total. The van der Waals surface area contributed by atoms with Crippen LogP contribution in [0.5, 0.6) is 0 Å². The maximum absolute atomic E-state index is 11.6. The number of hydrogen-bond donors (Lipinski definition) is 1. The number of nitrogens with zero attached hydrogens (tertiary/aromatic N) is 2. The third-order valence-electron chi connectivity index (χ3n) is 2.09. The number of fused-ring (bicyclic) bond motifs is 1. The molecular formula is C8H4BrClN2O3. The number of rotatable bonds is 0. The van der Waals surface area contributed by atoms with E-state index in [1.807, 2.05) is 0 Å². The number of imide groups is 1. The fraction of sp³-hybridized carbons (Fsp3) is 0.125. The van der Waals surface area contributed by atoms with Gasteiger partial charge in [0.25, 0.3) is 5.91 Å². The summed E-state index contributed by atoms with van der Waals surface area (Å²) in [4.78, 5) is 26.9. The molecule has 1 N–H and O–H groups in total. The van der Waals surface area contributed by atoms with E-state index in [4.69, 9.17) is 16.7 Å². The first-order valence-electron chi connectivity index (χ1n) is 3.90. The fourth-order valence-corrected chi connectivity index (χ4v) is 2.11. The zero-order valence-corrected chi connectivity index (χ0v) is 9.54. The topological polar surface area (TPSA) is 70.5 Å². The van der Waals surface area contributed by atoms with Gasteiger partial charge in [-0.1, -0.05) is 11.6 Å². The Bertz CT molecular complexity index is 477. The van der Waals surface area contributed by atoms with Gasteiger partial charge in [-0.25, -0.2) is 14.7 Å². The van der Waals surface area contributed by atoms with E-state index >= 15 is 0 Å². The Balaban J connectivity index is 2.58. The number of pyridine rings is 1. The van der Waals surface area contributed by atoms with Gasteiger partial charge in [0.2, 0.25) is 0 Å². The van der Waals surface area contributed by atoms with Gasteiger partial charge in [0.05, 0.1) is 17.1 Å². The molecule has 1 aromatic heterocycles. The van der Waals surface area contributed by atoms with Crippen molar-refractivity contribution in [1.29, 1.82) is 0 Å². The van der Waals surface area contributed by atoms with Crippen molar-refractivity contribution in [2.24, 2.45) is 0 Å². The summed E-state index contributed by atoms with van der Waals surface area (Å²) < 4.78 is 0.315. The van der Waals surface area contributed by atoms with Crippen molar-refractivity contribution in [1.82, 2.24) is 9.88 Å². The average molecular weight is 291 g/mol. The zero-order chi connectivity index (χ0) is 11.2. The van der Waals surface area contributed by atoms with Crippen molar-refractivity contribution >= 4 is 39.5 Å². The Morgan fingerprint density at radius 3 is 2.87 bits per heavy atom. The molecule has 0 unspecified atom stereocenters. The van der Waals surface area contributed by atoms with Crippen LogP contribution in [0.4, 0.5) is 4.79 Å². The molecule has 0 fully saturated rings. The lowest BCUT2D eigenvalue weighted by Gasteiger charge is -2.06. The third-order valence-corrected chi connectivity index (χ3v) is 3.02. The zero-order valence-electron chi connectivity index (χ0n) is 7.20. The van der Waals surface area contributed by atoms with Crippen molar-refractivity contribution in [2.75, 3.05) is 0 Å². The van der Waals surface area contributed by atoms with Crippen LogP contribution in [0.15, 0.2) is 10.8 Å². The molecule has 0 bridgehead atoms. The molecule has 2 heterocycles. The lowest BCUT2D eigenvalue weighted by Crippen LogP contribution is -2.29. The summed E-state index contributed by atoms with van der Waals surface area (Å²) in [7, 11) is 0. The average Bonchev–Trinajstić information content (AvgIpc) is 2.51. The molecule has 1 aromatic rings. The summed E-state index contributed by atoms with van der Waals surface area (Å²) in [6.07, 6.45) is 0.0856. The predicted molar refractivity (Wildman–Crippen MR) is 54.8 cm³/mol. The van der Waals surface area contributed by atoms with Crippen molar-refractivity contribution in [3.8, 4) is 0 Å². The van der Waals surface area contributed by atoms with Gasteiger partial charge in [-0.05, 0) is 15.9 Å². The first kappa shape index (κ1) is 10.4. The standard InChI is InChI=1S/C8H4BrClN2O3/c9-6-5-3(4(10)1-11-6)2-12(7(5)13)8(14)15/h1H,2H2,(H,14,15). The highest BCUT2D eigenvalue weighted by molar-refractivity contribution is 9.10. The van der Waals surface area contributed by atoms with Gasteiger partial charge < -0.3 is 5.11 Å². The fourth-order valence-electron chi connectivity index (χ4n) is 1.39. The number of carbonyl (C=O) groups excluding carboxylic acids is 1. The molecule has 2 rings (SSSR count). The molecule has 78 valence electrons. The summed E-state index contributed by atoms with van der Waals surface area (Å²) in [5.74, 6) is -0.598. The van der Waals surface area contributed by atoms with Crippen molar-refractivity contribution in [3.05, 3.63) is 26.9 Å². The smallest absolute Gasteiger partial charge is 0.414 e. The number of aromatic nitrogens is 1. The number of carboxylic acid groups (broad SMARTS) is 1. The van der Waals surface area contributed by atoms with Crippen molar-refractivity contribution in [2.45, 2.75) is 6.54 Å². The Kier molecular flexibility index (Phi) is 2.40. The lowest BCUT2D eigenvalue weighted by atomic mass is 10.2. The second kappa shape index (κ2) is 3.46. The van der Waals surface area contributed by atoms with E-state index in [-0.39, 0.29) is 12.1 Å². The molecule has 0 aromatic carbocycles. The number of hydrogen-bond acceptors (Lipinski definition) is 3. The first-order chi connectivity index (χ1) is 7.02. The van der Waals surface area contributed by atoms with E-state index in [0.717, 1.165) is 0 Å². The summed E-state index contributed by atoms with van der Waals surface area (Å²) in [5.41, 5.74) is 0.718. The molecule has 0 aliphatic carbocycles. The maximum Gasteiger partial charge on any atom is 0.414 e. The maximum atomic E-state index is 11.6. The molecule has 0 saturated carbocycles. The van der Waals surface area contributed by atoms with E-state index in [2.05, 4.69) is 20.9 Å². The SMILES string of the molecule is O=C(O)N1Cc2c(Cl)cnc(Br)c2C1=O. The lowest BCUT2D eigenvalue weighted by molar-refractivity contribution is 0.0763. The van der Waals surface area contributed by atoms with Crippen LogP contribution in [-0.4, -0.2) is 27.0 Å². The second-order valence-corrected chi connectivity index (χ2v) is 4.08. The van der Waals surface area contributed by atoms with Crippen LogP contribution in [0.2, 0.25) is 5.02 Å². The van der Waals surface area contributed by atoms with Crippen molar-refractivity contribution < 1.29 is 14.7 Å². The number of carbonyl (C=O) groups is 2. The Hall–Kier alpha value is -1.14. The Labute approximate surface area is 97.8 Å².